The number of aliphatic hydroxyl groups is 1. The average Bonchev–Trinajstić information content (AvgIpc) is 1.98. The Bertz CT molecular complexity index is 181. The number of aliphatic hydroxyl groups excluding tert-OH is 1. The van der Waals surface area contributed by atoms with E-state index in [0.29, 0.717) is 11.8 Å². The van der Waals surface area contributed by atoms with E-state index in [1.807, 2.05) is 0 Å². The highest BCUT2D eigenvalue weighted by molar-refractivity contribution is 5.10. The van der Waals surface area contributed by atoms with Crippen LogP contribution < -0.4 is 0 Å². The summed E-state index contributed by atoms with van der Waals surface area (Å²) in [4.78, 5) is 0. The van der Waals surface area contributed by atoms with Crippen LogP contribution in [0.5, 0.6) is 0 Å². The standard InChI is InChI=1S/C11H20O/c1-8-5-6-9(2)11(3,4)10(8)7-12/h9-10,12H,1,5-7H2,2-4H3/t9-,10+/m0/s1. The van der Waals surface area contributed by atoms with Crippen LogP contribution in [0.3, 0.4) is 0 Å². The van der Waals surface area contributed by atoms with E-state index in [2.05, 4.69) is 27.4 Å². The fourth-order valence-electron chi connectivity index (χ4n) is 2.18. The van der Waals surface area contributed by atoms with E-state index in [-0.39, 0.29) is 12.0 Å². The summed E-state index contributed by atoms with van der Waals surface area (Å²) in [5.74, 6) is 1.00. The summed E-state index contributed by atoms with van der Waals surface area (Å²) in [6.45, 7) is 11.0. The minimum absolute atomic E-state index is 0.226. The van der Waals surface area contributed by atoms with Gasteiger partial charge in [0.15, 0.2) is 0 Å². The monoisotopic (exact) mass is 168 g/mol. The molecule has 0 aromatic heterocycles. The van der Waals surface area contributed by atoms with Gasteiger partial charge < -0.3 is 5.11 Å². The van der Waals surface area contributed by atoms with Gasteiger partial charge in [0.1, 0.15) is 0 Å². The van der Waals surface area contributed by atoms with Gasteiger partial charge in [0.25, 0.3) is 0 Å². The quantitative estimate of drug-likeness (QED) is 0.597. The topological polar surface area (TPSA) is 20.2 Å². The third kappa shape index (κ3) is 1.42. The molecule has 0 spiro atoms. The molecule has 2 atom stereocenters. The van der Waals surface area contributed by atoms with Gasteiger partial charge in [0.2, 0.25) is 0 Å². The Morgan fingerprint density at radius 3 is 2.58 bits per heavy atom. The molecule has 1 aliphatic rings. The number of hydrogen-bond acceptors (Lipinski definition) is 1. The van der Waals surface area contributed by atoms with Gasteiger partial charge in [-0.25, -0.2) is 0 Å². The van der Waals surface area contributed by atoms with Crippen molar-refractivity contribution in [2.45, 2.75) is 33.6 Å². The molecule has 0 amide bonds. The van der Waals surface area contributed by atoms with Gasteiger partial charge >= 0.3 is 0 Å². The van der Waals surface area contributed by atoms with Crippen molar-refractivity contribution in [3.05, 3.63) is 12.2 Å². The van der Waals surface area contributed by atoms with Crippen molar-refractivity contribution >= 4 is 0 Å². The molecule has 1 rings (SSSR count). The summed E-state index contributed by atoms with van der Waals surface area (Å²) < 4.78 is 0. The molecule has 1 fully saturated rings. The fraction of sp³-hybridized carbons (Fsp3) is 0.818. The molecule has 0 unspecified atom stereocenters. The molecule has 1 nitrogen and oxygen atoms in total. The Morgan fingerprint density at radius 2 is 2.17 bits per heavy atom. The first-order chi connectivity index (χ1) is 5.50. The van der Waals surface area contributed by atoms with Crippen molar-refractivity contribution in [1.82, 2.24) is 0 Å². The van der Waals surface area contributed by atoms with Gasteiger partial charge in [-0.15, -0.1) is 0 Å². The van der Waals surface area contributed by atoms with Crippen molar-refractivity contribution in [2.75, 3.05) is 6.61 Å². The molecule has 1 aliphatic carbocycles. The number of hydrogen-bond donors (Lipinski definition) is 1. The highest BCUT2D eigenvalue weighted by Gasteiger charge is 2.39. The van der Waals surface area contributed by atoms with Gasteiger partial charge in [-0.3, -0.25) is 0 Å². The van der Waals surface area contributed by atoms with Gasteiger partial charge in [-0.05, 0) is 24.2 Å². The SMILES string of the molecule is C=C1CC[C@H](C)C(C)(C)[C@@H]1CO. The Balaban J connectivity index is 2.83. The molecule has 0 aromatic carbocycles. The lowest BCUT2D eigenvalue weighted by Gasteiger charge is -2.44. The van der Waals surface area contributed by atoms with Gasteiger partial charge in [0, 0.05) is 5.92 Å². The Hall–Kier alpha value is -0.300. The minimum atomic E-state index is 0.226. The summed E-state index contributed by atoms with van der Waals surface area (Å²) >= 11 is 0. The molecular weight excluding hydrogens is 148 g/mol. The Morgan fingerprint density at radius 1 is 1.58 bits per heavy atom. The molecule has 0 radical (unpaired) electrons. The molecule has 70 valence electrons. The van der Waals surface area contributed by atoms with Crippen LogP contribution in [0.25, 0.3) is 0 Å². The van der Waals surface area contributed by atoms with Crippen molar-refractivity contribution < 1.29 is 5.11 Å². The highest BCUT2D eigenvalue weighted by atomic mass is 16.3. The lowest BCUT2D eigenvalue weighted by Crippen LogP contribution is -2.38. The molecule has 0 saturated heterocycles. The molecule has 1 N–H and O–H groups in total. The van der Waals surface area contributed by atoms with E-state index in [1.54, 1.807) is 0 Å². The van der Waals surface area contributed by atoms with Gasteiger partial charge in [-0.2, -0.15) is 0 Å². The van der Waals surface area contributed by atoms with Crippen LogP contribution >= 0.6 is 0 Å². The van der Waals surface area contributed by atoms with Crippen LogP contribution in [-0.4, -0.2) is 11.7 Å². The second-order valence-corrected chi connectivity index (χ2v) is 4.65. The van der Waals surface area contributed by atoms with Crippen LogP contribution in [-0.2, 0) is 0 Å². The molecule has 0 aromatic rings. The third-order valence-corrected chi connectivity index (χ3v) is 3.74. The van der Waals surface area contributed by atoms with Crippen molar-refractivity contribution in [3.8, 4) is 0 Å². The first-order valence-corrected chi connectivity index (χ1v) is 4.78. The molecule has 0 heterocycles. The fourth-order valence-corrected chi connectivity index (χ4v) is 2.18. The Labute approximate surface area is 75.5 Å². The predicted molar refractivity (Wildman–Crippen MR) is 51.9 cm³/mol. The maximum Gasteiger partial charge on any atom is 0.0501 e. The maximum absolute atomic E-state index is 9.25. The maximum atomic E-state index is 9.25. The Kier molecular flexibility index (Phi) is 2.62. The molecule has 0 aliphatic heterocycles. The summed E-state index contributed by atoms with van der Waals surface area (Å²) in [6, 6.07) is 0. The van der Waals surface area contributed by atoms with Crippen molar-refractivity contribution in [3.63, 3.8) is 0 Å². The van der Waals surface area contributed by atoms with Gasteiger partial charge in [0.05, 0.1) is 6.61 Å². The van der Waals surface area contributed by atoms with Crippen LogP contribution in [0.1, 0.15) is 33.6 Å². The van der Waals surface area contributed by atoms with Crippen molar-refractivity contribution in [1.29, 1.82) is 0 Å². The normalized spacial score (nSPS) is 35.2. The van der Waals surface area contributed by atoms with Crippen LogP contribution in [0.15, 0.2) is 12.2 Å². The molecule has 1 saturated carbocycles. The first-order valence-electron chi connectivity index (χ1n) is 4.78. The molecule has 1 heteroatoms. The minimum Gasteiger partial charge on any atom is -0.396 e. The highest BCUT2D eigenvalue weighted by Crippen LogP contribution is 2.46. The lowest BCUT2D eigenvalue weighted by molar-refractivity contribution is 0.0655. The van der Waals surface area contributed by atoms with E-state index < -0.39 is 0 Å². The largest absolute Gasteiger partial charge is 0.396 e. The molecule has 0 bridgehead atoms. The zero-order valence-electron chi connectivity index (χ0n) is 8.43. The zero-order chi connectivity index (χ0) is 9.35. The van der Waals surface area contributed by atoms with Crippen LogP contribution in [0, 0.1) is 17.3 Å². The van der Waals surface area contributed by atoms with E-state index >= 15 is 0 Å². The summed E-state index contributed by atoms with van der Waals surface area (Å²) in [7, 11) is 0. The summed E-state index contributed by atoms with van der Waals surface area (Å²) in [5, 5.41) is 9.25. The molecule has 12 heavy (non-hydrogen) atoms. The summed E-state index contributed by atoms with van der Waals surface area (Å²) in [5.41, 5.74) is 1.46. The van der Waals surface area contributed by atoms with E-state index in [4.69, 9.17) is 0 Å². The van der Waals surface area contributed by atoms with Crippen LogP contribution in [0.2, 0.25) is 0 Å². The number of rotatable bonds is 1. The van der Waals surface area contributed by atoms with E-state index in [0.717, 1.165) is 6.42 Å². The first kappa shape index (κ1) is 9.79. The second-order valence-electron chi connectivity index (χ2n) is 4.65. The van der Waals surface area contributed by atoms with E-state index in [9.17, 15) is 5.11 Å². The lowest BCUT2D eigenvalue weighted by atomic mass is 9.61. The van der Waals surface area contributed by atoms with Crippen molar-refractivity contribution in [2.24, 2.45) is 17.3 Å². The molecular formula is C11H20O. The smallest absolute Gasteiger partial charge is 0.0501 e. The average molecular weight is 168 g/mol. The second kappa shape index (κ2) is 3.21. The van der Waals surface area contributed by atoms with Crippen LogP contribution in [0.4, 0.5) is 0 Å². The van der Waals surface area contributed by atoms with Gasteiger partial charge in [-0.1, -0.05) is 32.9 Å². The zero-order valence-corrected chi connectivity index (χ0v) is 8.43. The summed E-state index contributed by atoms with van der Waals surface area (Å²) in [6.07, 6.45) is 2.32. The van der Waals surface area contributed by atoms with E-state index in [1.165, 1.54) is 12.0 Å². The third-order valence-electron chi connectivity index (χ3n) is 3.74. The predicted octanol–water partition coefficient (Wildman–Crippen LogP) is 2.61.